The van der Waals surface area contributed by atoms with Gasteiger partial charge in [0.25, 0.3) is 0 Å². The molecule has 1 aromatic rings. The van der Waals surface area contributed by atoms with E-state index in [1.165, 1.54) is 7.11 Å². The van der Waals surface area contributed by atoms with Crippen LogP contribution in [0.3, 0.4) is 0 Å². The van der Waals surface area contributed by atoms with E-state index in [9.17, 15) is 13.6 Å². The average Bonchev–Trinajstić information content (AvgIpc) is 2.28. The molecule has 0 aliphatic rings. The second-order valence-electron chi connectivity index (χ2n) is 3.13. The number of carboxylic acids is 1. The normalized spacial score (nSPS) is 11.4. The molecule has 0 aromatic heterocycles. The largest absolute Gasteiger partial charge is 0.494 e. The van der Waals surface area contributed by atoms with Gasteiger partial charge >= 0.3 is 5.97 Å². The smallest absolute Gasteiger partial charge is 0.328 e. The van der Waals surface area contributed by atoms with Crippen LogP contribution in [0.1, 0.15) is 5.56 Å². The minimum absolute atomic E-state index is 0.225. The van der Waals surface area contributed by atoms with Crippen molar-refractivity contribution in [2.75, 3.05) is 13.7 Å². The topological polar surface area (TPSA) is 66.8 Å². The number of aliphatic hydroxyl groups is 1. The van der Waals surface area contributed by atoms with Crippen molar-refractivity contribution in [2.24, 2.45) is 0 Å². The highest BCUT2D eigenvalue weighted by molar-refractivity contribution is 5.90. The number of hydrogen-bond donors (Lipinski definition) is 2. The first-order valence-corrected chi connectivity index (χ1v) is 4.57. The number of benzene rings is 1. The first-order valence-electron chi connectivity index (χ1n) is 4.57. The molecule has 0 aliphatic heterocycles. The molecule has 2 N–H and O–H groups in total. The third kappa shape index (κ3) is 3.01. The Morgan fingerprint density at radius 2 is 2.06 bits per heavy atom. The molecular formula is C11H10F2O4. The van der Waals surface area contributed by atoms with Crippen LogP contribution < -0.4 is 4.74 Å². The minimum atomic E-state index is -1.36. The summed E-state index contributed by atoms with van der Waals surface area (Å²) in [7, 11) is 1.18. The molecule has 0 saturated carbocycles. The number of methoxy groups -OCH3 is 1. The Balaban J connectivity index is 3.31. The van der Waals surface area contributed by atoms with Gasteiger partial charge in [-0.1, -0.05) is 0 Å². The van der Waals surface area contributed by atoms with Gasteiger partial charge in [0.1, 0.15) is 5.82 Å². The van der Waals surface area contributed by atoms with E-state index in [0.717, 1.165) is 12.1 Å². The zero-order valence-electron chi connectivity index (χ0n) is 8.91. The van der Waals surface area contributed by atoms with E-state index in [0.29, 0.717) is 6.08 Å². The quantitative estimate of drug-likeness (QED) is 0.786. The Morgan fingerprint density at radius 1 is 1.41 bits per heavy atom. The predicted octanol–water partition coefficient (Wildman–Crippen LogP) is 1.43. The lowest BCUT2D eigenvalue weighted by molar-refractivity contribution is -0.131. The van der Waals surface area contributed by atoms with E-state index in [4.69, 9.17) is 10.2 Å². The highest BCUT2D eigenvalue weighted by Gasteiger charge is 2.14. The molecule has 0 amide bonds. The summed E-state index contributed by atoms with van der Waals surface area (Å²) in [5.41, 5.74) is -0.537. The molecule has 0 fully saturated rings. The van der Waals surface area contributed by atoms with Gasteiger partial charge < -0.3 is 14.9 Å². The average molecular weight is 244 g/mol. The van der Waals surface area contributed by atoms with Crippen molar-refractivity contribution >= 4 is 11.5 Å². The lowest BCUT2D eigenvalue weighted by atomic mass is 10.0. The van der Waals surface area contributed by atoms with Crippen molar-refractivity contribution in [1.82, 2.24) is 0 Å². The van der Waals surface area contributed by atoms with E-state index in [2.05, 4.69) is 4.74 Å². The molecule has 0 aliphatic carbocycles. The summed E-state index contributed by atoms with van der Waals surface area (Å²) in [5, 5.41) is 17.4. The van der Waals surface area contributed by atoms with Crippen LogP contribution in [-0.2, 0) is 4.79 Å². The van der Waals surface area contributed by atoms with Gasteiger partial charge in [-0.15, -0.1) is 0 Å². The van der Waals surface area contributed by atoms with Crippen molar-refractivity contribution in [3.05, 3.63) is 35.4 Å². The molecular weight excluding hydrogens is 234 g/mol. The lowest BCUT2D eigenvalue weighted by Crippen LogP contribution is -2.01. The van der Waals surface area contributed by atoms with Gasteiger partial charge in [0.05, 0.1) is 13.7 Å². The maximum Gasteiger partial charge on any atom is 0.328 e. The zero-order valence-corrected chi connectivity index (χ0v) is 8.91. The van der Waals surface area contributed by atoms with Gasteiger partial charge in [-0.3, -0.25) is 0 Å². The molecule has 6 heteroatoms. The standard InChI is InChI=1S/C11H10F2O4/c1-17-10-4-8(12)7(3-9(10)13)6(5-14)2-11(15)16/h2-4,14H,5H2,1H3,(H,15,16)/b6-2+. The summed E-state index contributed by atoms with van der Waals surface area (Å²) in [4.78, 5) is 10.4. The van der Waals surface area contributed by atoms with Gasteiger partial charge in [-0.05, 0) is 11.6 Å². The molecule has 4 nitrogen and oxygen atoms in total. The molecule has 92 valence electrons. The molecule has 1 aromatic carbocycles. The number of ether oxygens (including phenoxy) is 1. The van der Waals surface area contributed by atoms with Crippen LogP contribution in [0, 0.1) is 11.6 Å². The molecule has 0 radical (unpaired) electrons. The Kier molecular flexibility index (Phi) is 4.17. The maximum atomic E-state index is 13.5. The maximum absolute atomic E-state index is 13.5. The van der Waals surface area contributed by atoms with E-state index in [1.807, 2.05) is 0 Å². The summed E-state index contributed by atoms with van der Waals surface area (Å²) in [6, 6.07) is 1.56. The van der Waals surface area contributed by atoms with Crippen molar-refractivity contribution in [3.63, 3.8) is 0 Å². The van der Waals surface area contributed by atoms with E-state index in [-0.39, 0.29) is 16.9 Å². The number of carboxylic acid groups (broad SMARTS) is 1. The fraction of sp³-hybridized carbons (Fsp3) is 0.182. The Bertz CT molecular complexity index is 469. The van der Waals surface area contributed by atoms with Crippen molar-refractivity contribution in [2.45, 2.75) is 0 Å². The van der Waals surface area contributed by atoms with Crippen LogP contribution in [0.2, 0.25) is 0 Å². The third-order valence-corrected chi connectivity index (χ3v) is 2.06. The number of rotatable bonds is 4. The second-order valence-corrected chi connectivity index (χ2v) is 3.13. The minimum Gasteiger partial charge on any atom is -0.494 e. The number of aliphatic carboxylic acids is 1. The van der Waals surface area contributed by atoms with Crippen LogP contribution in [0.5, 0.6) is 5.75 Å². The molecule has 0 spiro atoms. The first-order chi connectivity index (χ1) is 7.99. The summed E-state index contributed by atoms with van der Waals surface area (Å²) in [6.07, 6.45) is 0.615. The number of hydrogen-bond acceptors (Lipinski definition) is 3. The van der Waals surface area contributed by atoms with Crippen LogP contribution in [0.25, 0.3) is 5.57 Å². The monoisotopic (exact) mass is 244 g/mol. The number of aliphatic hydroxyl groups excluding tert-OH is 1. The van der Waals surface area contributed by atoms with Crippen molar-refractivity contribution < 1.29 is 28.5 Å². The fourth-order valence-electron chi connectivity index (χ4n) is 1.29. The van der Waals surface area contributed by atoms with Gasteiger partial charge in [-0.2, -0.15) is 0 Å². The molecule has 0 heterocycles. The van der Waals surface area contributed by atoms with Crippen LogP contribution in [0.15, 0.2) is 18.2 Å². The summed E-state index contributed by atoms with van der Waals surface area (Å²) in [6.45, 7) is -0.713. The molecule has 0 unspecified atom stereocenters. The fourth-order valence-corrected chi connectivity index (χ4v) is 1.29. The van der Waals surface area contributed by atoms with Crippen molar-refractivity contribution in [3.8, 4) is 5.75 Å². The number of halogens is 2. The Morgan fingerprint density at radius 3 is 2.53 bits per heavy atom. The lowest BCUT2D eigenvalue weighted by Gasteiger charge is -2.08. The molecule has 0 bridgehead atoms. The van der Waals surface area contributed by atoms with E-state index in [1.54, 1.807) is 0 Å². The van der Waals surface area contributed by atoms with E-state index >= 15 is 0 Å². The van der Waals surface area contributed by atoms with Crippen molar-refractivity contribution in [1.29, 1.82) is 0 Å². The molecule has 0 saturated heterocycles. The highest BCUT2D eigenvalue weighted by Crippen LogP contribution is 2.25. The molecule has 17 heavy (non-hydrogen) atoms. The number of carbonyl (C=O) groups is 1. The van der Waals surface area contributed by atoms with Crippen LogP contribution in [0.4, 0.5) is 8.78 Å². The highest BCUT2D eigenvalue weighted by atomic mass is 19.1. The van der Waals surface area contributed by atoms with Crippen LogP contribution >= 0.6 is 0 Å². The summed E-state index contributed by atoms with van der Waals surface area (Å²) in [5.74, 6) is -3.36. The predicted molar refractivity (Wildman–Crippen MR) is 55.6 cm³/mol. The van der Waals surface area contributed by atoms with Gasteiger partial charge in [-0.25, -0.2) is 13.6 Å². The molecule has 0 atom stereocenters. The van der Waals surface area contributed by atoms with Gasteiger partial charge in [0.15, 0.2) is 11.6 Å². The Hall–Kier alpha value is -1.95. The SMILES string of the molecule is COc1cc(F)c(/C(=C/C(=O)O)CO)cc1F. The second kappa shape index (κ2) is 5.40. The Labute approximate surface area is 95.8 Å². The van der Waals surface area contributed by atoms with Crippen LogP contribution in [-0.4, -0.2) is 29.9 Å². The first kappa shape index (κ1) is 13.1. The zero-order chi connectivity index (χ0) is 13.0. The van der Waals surface area contributed by atoms with Gasteiger partial charge in [0.2, 0.25) is 0 Å². The third-order valence-electron chi connectivity index (χ3n) is 2.06. The summed E-state index contributed by atoms with van der Waals surface area (Å²) >= 11 is 0. The molecule has 1 rings (SSSR count). The van der Waals surface area contributed by atoms with E-state index < -0.39 is 24.2 Å². The summed E-state index contributed by atoms with van der Waals surface area (Å²) < 4.78 is 31.4. The van der Waals surface area contributed by atoms with Gasteiger partial charge in [0, 0.05) is 17.7 Å².